The Hall–Kier alpha value is -5.77. The summed E-state index contributed by atoms with van der Waals surface area (Å²) < 4.78 is 44.7. The summed E-state index contributed by atoms with van der Waals surface area (Å²) in [6.45, 7) is 3.27. The smallest absolute Gasteiger partial charge is 0.416 e. The first-order chi connectivity index (χ1) is 28.1. The molecule has 0 aliphatic heterocycles. The van der Waals surface area contributed by atoms with E-state index in [1.165, 1.54) is 23.3 Å². The second-order valence-corrected chi connectivity index (χ2v) is 14.8. The van der Waals surface area contributed by atoms with Crippen LogP contribution >= 0.6 is 0 Å². The molecule has 0 bridgehead atoms. The van der Waals surface area contributed by atoms with Crippen LogP contribution in [0.4, 0.5) is 13.2 Å². The van der Waals surface area contributed by atoms with Crippen LogP contribution in [0.1, 0.15) is 39.5 Å². The van der Waals surface area contributed by atoms with Crippen molar-refractivity contribution >= 4 is 10.8 Å². The Labute approximate surface area is 338 Å². The quantitative estimate of drug-likeness (QED) is 0.0964. The van der Waals surface area contributed by atoms with Crippen molar-refractivity contribution in [2.75, 3.05) is 19.7 Å². The fourth-order valence-corrected chi connectivity index (χ4v) is 7.29. The average Bonchev–Trinajstić information content (AvgIpc) is 3.23. The first kappa shape index (κ1) is 40.4. The number of alkyl halides is 3. The Balaban J connectivity index is 1.05. The van der Waals surface area contributed by atoms with E-state index in [-0.39, 0.29) is 18.9 Å². The number of aliphatic hydroxyl groups excluding tert-OH is 2. The van der Waals surface area contributed by atoms with Crippen molar-refractivity contribution in [3.05, 3.63) is 209 Å². The summed E-state index contributed by atoms with van der Waals surface area (Å²) in [5.41, 5.74) is 6.75. The topological polar surface area (TPSA) is 56.2 Å². The minimum absolute atomic E-state index is 0.0669. The Morgan fingerprint density at radius 3 is 1.59 bits per heavy atom. The number of aliphatic hydroxyl groups is 2. The highest BCUT2D eigenvalue weighted by Crippen LogP contribution is 2.31. The molecule has 0 fully saturated rings. The molecule has 8 heteroatoms. The van der Waals surface area contributed by atoms with Crippen molar-refractivity contribution in [2.45, 2.75) is 44.6 Å². The maximum atomic E-state index is 13.0. The molecule has 0 radical (unpaired) electrons. The summed E-state index contributed by atoms with van der Waals surface area (Å²) in [6, 6.07) is 56.1. The maximum Gasteiger partial charge on any atom is 0.416 e. The largest absolute Gasteiger partial charge is 0.491 e. The third kappa shape index (κ3) is 11.4. The van der Waals surface area contributed by atoms with Crippen LogP contribution < -0.4 is 4.74 Å². The van der Waals surface area contributed by atoms with Gasteiger partial charge in [0.15, 0.2) is 0 Å². The van der Waals surface area contributed by atoms with Gasteiger partial charge in [-0.25, -0.2) is 0 Å². The van der Waals surface area contributed by atoms with Crippen molar-refractivity contribution in [3.63, 3.8) is 0 Å². The van der Waals surface area contributed by atoms with Gasteiger partial charge in [0.25, 0.3) is 0 Å². The van der Waals surface area contributed by atoms with Crippen molar-refractivity contribution < 1.29 is 28.1 Å². The third-order valence-electron chi connectivity index (χ3n) is 10.2. The number of fused-ring (bicyclic) bond motifs is 1. The van der Waals surface area contributed by atoms with Gasteiger partial charge in [-0.1, -0.05) is 133 Å². The van der Waals surface area contributed by atoms with Gasteiger partial charge in [-0.2, -0.15) is 13.2 Å². The van der Waals surface area contributed by atoms with Crippen LogP contribution in [0, 0.1) is 0 Å². The molecule has 0 aliphatic rings. The van der Waals surface area contributed by atoms with Crippen molar-refractivity contribution in [1.29, 1.82) is 0 Å². The van der Waals surface area contributed by atoms with E-state index in [1.807, 2.05) is 78.9 Å². The molecule has 0 heterocycles. The molecule has 0 spiro atoms. The van der Waals surface area contributed by atoms with E-state index >= 15 is 0 Å². The third-order valence-corrected chi connectivity index (χ3v) is 10.2. The van der Waals surface area contributed by atoms with E-state index in [1.54, 1.807) is 0 Å². The lowest BCUT2D eigenvalue weighted by atomic mass is 9.97. The number of hydrogen-bond acceptors (Lipinski definition) is 5. The summed E-state index contributed by atoms with van der Waals surface area (Å²) in [5.74, 6) is 0.263. The molecule has 2 N–H and O–H groups in total. The van der Waals surface area contributed by atoms with Gasteiger partial charge in [-0.05, 0) is 92.2 Å². The summed E-state index contributed by atoms with van der Waals surface area (Å²) in [5, 5.41) is 24.8. The van der Waals surface area contributed by atoms with E-state index in [9.17, 15) is 23.4 Å². The lowest BCUT2D eigenvalue weighted by molar-refractivity contribution is -0.137. The van der Waals surface area contributed by atoms with E-state index < -0.39 is 23.9 Å². The van der Waals surface area contributed by atoms with Crippen molar-refractivity contribution in [3.8, 4) is 16.9 Å². The zero-order valence-electron chi connectivity index (χ0n) is 32.2. The highest BCUT2D eigenvalue weighted by Gasteiger charge is 2.30. The van der Waals surface area contributed by atoms with Gasteiger partial charge >= 0.3 is 6.18 Å². The second kappa shape index (κ2) is 19.1. The van der Waals surface area contributed by atoms with E-state index in [0.717, 1.165) is 63.8 Å². The SMILES string of the molecule is OC(COc1ccc(C(F)(F)F)cc1)CN(Cc1ccccc1)Cc1cccc(-c2ccc3ccc(C(O)CN(Cc4ccccc4)Cc4ccccc4)cc3c2)c1. The fourth-order valence-electron chi connectivity index (χ4n) is 7.29. The van der Waals surface area contributed by atoms with Crippen LogP contribution in [-0.4, -0.2) is 45.8 Å². The Morgan fingerprint density at radius 2 is 1.00 bits per heavy atom. The monoisotopic (exact) mass is 780 g/mol. The van der Waals surface area contributed by atoms with Gasteiger partial charge in [-0.15, -0.1) is 0 Å². The Bertz CT molecular complexity index is 2300. The zero-order valence-corrected chi connectivity index (χ0v) is 32.2. The van der Waals surface area contributed by atoms with Gasteiger partial charge in [0, 0.05) is 39.3 Å². The van der Waals surface area contributed by atoms with Crippen molar-refractivity contribution in [2.24, 2.45) is 0 Å². The molecule has 58 heavy (non-hydrogen) atoms. The molecule has 0 amide bonds. The second-order valence-electron chi connectivity index (χ2n) is 14.8. The predicted molar refractivity (Wildman–Crippen MR) is 225 cm³/mol. The van der Waals surface area contributed by atoms with Gasteiger partial charge in [0.2, 0.25) is 0 Å². The molecule has 7 aromatic carbocycles. The number of nitrogens with zero attached hydrogens (tertiary/aromatic N) is 2. The van der Waals surface area contributed by atoms with E-state index in [0.29, 0.717) is 19.6 Å². The number of halogens is 3. The van der Waals surface area contributed by atoms with Gasteiger partial charge in [0.1, 0.15) is 18.5 Å². The van der Waals surface area contributed by atoms with Crippen LogP contribution in [0.15, 0.2) is 176 Å². The molecule has 0 saturated carbocycles. The van der Waals surface area contributed by atoms with Gasteiger partial charge < -0.3 is 14.9 Å². The molecule has 5 nitrogen and oxygen atoms in total. The van der Waals surface area contributed by atoms with Crippen LogP contribution in [-0.2, 0) is 32.4 Å². The number of ether oxygens (including phenoxy) is 1. The van der Waals surface area contributed by atoms with Crippen LogP contribution in [0.5, 0.6) is 5.75 Å². The maximum absolute atomic E-state index is 13.0. The van der Waals surface area contributed by atoms with Crippen molar-refractivity contribution in [1.82, 2.24) is 9.80 Å². The highest BCUT2D eigenvalue weighted by atomic mass is 19.4. The summed E-state index contributed by atoms with van der Waals surface area (Å²) in [4.78, 5) is 4.43. The lowest BCUT2D eigenvalue weighted by Gasteiger charge is -2.26. The molecule has 7 rings (SSSR count). The minimum Gasteiger partial charge on any atom is -0.491 e. The standard InChI is InChI=1S/C50H47F3N2O3/c51-50(52,53)46-23-25-48(26-24-46)58-36-47(56)34-54(30-37-11-4-1-5-12-37)33-40-17-10-18-42(27-40)43-21-19-41-20-22-44(29-45(41)28-43)49(57)35-55(31-38-13-6-2-7-14-38)32-39-15-8-3-9-16-39/h1-29,47,49,56-57H,30-36H2. The molecular formula is C50H47F3N2O3. The summed E-state index contributed by atoms with van der Waals surface area (Å²) in [7, 11) is 0. The Morgan fingerprint density at radius 1 is 0.483 bits per heavy atom. The molecular weight excluding hydrogens is 734 g/mol. The summed E-state index contributed by atoms with van der Waals surface area (Å²) in [6.07, 6.45) is -6.00. The number of hydrogen-bond donors (Lipinski definition) is 2. The number of benzene rings is 7. The van der Waals surface area contributed by atoms with Crippen LogP contribution in [0.25, 0.3) is 21.9 Å². The van der Waals surface area contributed by atoms with E-state index in [2.05, 4.69) is 82.6 Å². The highest BCUT2D eigenvalue weighted by molar-refractivity contribution is 5.88. The molecule has 0 aromatic heterocycles. The lowest BCUT2D eigenvalue weighted by Crippen LogP contribution is -2.35. The molecule has 7 aromatic rings. The zero-order chi connectivity index (χ0) is 40.3. The predicted octanol–water partition coefficient (Wildman–Crippen LogP) is 10.7. The Kier molecular flexibility index (Phi) is 13.3. The fraction of sp³-hybridized carbons (Fsp3) is 0.200. The molecule has 2 atom stereocenters. The van der Waals surface area contributed by atoms with Gasteiger partial charge in [0.05, 0.1) is 11.7 Å². The molecule has 0 saturated heterocycles. The molecule has 2 unspecified atom stereocenters. The van der Waals surface area contributed by atoms with Gasteiger partial charge in [-0.3, -0.25) is 9.80 Å². The number of rotatable bonds is 17. The first-order valence-electron chi connectivity index (χ1n) is 19.5. The average molecular weight is 781 g/mol. The normalized spacial score (nSPS) is 12.9. The summed E-state index contributed by atoms with van der Waals surface area (Å²) >= 11 is 0. The molecule has 0 aliphatic carbocycles. The molecule has 296 valence electrons. The van der Waals surface area contributed by atoms with Crippen LogP contribution in [0.3, 0.4) is 0 Å². The van der Waals surface area contributed by atoms with E-state index in [4.69, 9.17) is 4.74 Å². The minimum atomic E-state index is -4.43. The first-order valence-corrected chi connectivity index (χ1v) is 19.5. The van der Waals surface area contributed by atoms with Crippen LogP contribution in [0.2, 0.25) is 0 Å².